The first-order valence-electron chi connectivity index (χ1n) is 8.40. The van der Waals surface area contributed by atoms with Gasteiger partial charge in [-0.05, 0) is 23.8 Å². The van der Waals surface area contributed by atoms with Crippen molar-refractivity contribution in [3.63, 3.8) is 0 Å². The highest BCUT2D eigenvalue weighted by atomic mass is 16.5. The van der Waals surface area contributed by atoms with Crippen molar-refractivity contribution < 1.29 is 24.2 Å². The maximum Gasteiger partial charge on any atom is 0.295 e. The van der Waals surface area contributed by atoms with Crippen LogP contribution >= 0.6 is 0 Å². The third-order valence-electron chi connectivity index (χ3n) is 4.42. The molecule has 7 heteroatoms. The second-order valence-electron chi connectivity index (χ2n) is 6.00. The van der Waals surface area contributed by atoms with Crippen molar-refractivity contribution in [2.24, 2.45) is 0 Å². The molecule has 1 N–H and O–H groups in total. The largest absolute Gasteiger partial charge is 0.507 e. The molecule has 7 nitrogen and oxygen atoms in total. The number of benzene rings is 1. The number of pyridine rings is 1. The van der Waals surface area contributed by atoms with Gasteiger partial charge in [0.05, 0.1) is 25.3 Å². The first kappa shape index (κ1) is 18.6. The fourth-order valence-electron chi connectivity index (χ4n) is 3.11. The van der Waals surface area contributed by atoms with Crippen molar-refractivity contribution in [2.75, 3.05) is 27.4 Å². The Bertz CT molecular complexity index is 879. The maximum absolute atomic E-state index is 12.7. The minimum absolute atomic E-state index is 0.0253. The number of ether oxygens (including phenoxy) is 2. The zero-order valence-corrected chi connectivity index (χ0v) is 15.1. The highest BCUT2D eigenvalue weighted by molar-refractivity contribution is 6.46. The summed E-state index contributed by atoms with van der Waals surface area (Å²) in [6.07, 6.45) is 3.18. The molecule has 27 heavy (non-hydrogen) atoms. The number of carbonyl (C=O) groups excluding carboxylic acids is 2. The van der Waals surface area contributed by atoms with Crippen molar-refractivity contribution in [1.82, 2.24) is 9.88 Å². The van der Waals surface area contributed by atoms with Crippen LogP contribution in [0.15, 0.2) is 54.4 Å². The van der Waals surface area contributed by atoms with Crippen molar-refractivity contribution in [3.8, 4) is 5.75 Å². The molecule has 0 saturated carbocycles. The van der Waals surface area contributed by atoms with Crippen molar-refractivity contribution >= 4 is 17.4 Å². The van der Waals surface area contributed by atoms with E-state index in [1.54, 1.807) is 48.8 Å². The van der Waals surface area contributed by atoms with Crippen LogP contribution in [0.1, 0.15) is 17.2 Å². The van der Waals surface area contributed by atoms with Crippen LogP contribution in [0, 0.1) is 0 Å². The number of methoxy groups -OCH3 is 2. The number of amides is 1. The predicted molar refractivity (Wildman–Crippen MR) is 98.1 cm³/mol. The van der Waals surface area contributed by atoms with E-state index in [1.165, 1.54) is 19.1 Å². The fourth-order valence-corrected chi connectivity index (χ4v) is 3.11. The molecule has 1 aliphatic heterocycles. The van der Waals surface area contributed by atoms with Gasteiger partial charge in [-0.25, -0.2) is 0 Å². The molecule has 3 rings (SSSR count). The van der Waals surface area contributed by atoms with E-state index in [0.717, 1.165) is 0 Å². The Morgan fingerprint density at radius 1 is 1.22 bits per heavy atom. The molecule has 0 aliphatic carbocycles. The minimum atomic E-state index is -0.736. The van der Waals surface area contributed by atoms with Crippen molar-refractivity contribution in [2.45, 2.75) is 6.04 Å². The number of ketones is 1. The van der Waals surface area contributed by atoms with Gasteiger partial charge in [-0.1, -0.05) is 18.2 Å². The quantitative estimate of drug-likeness (QED) is 0.477. The lowest BCUT2D eigenvalue weighted by atomic mass is 9.96. The SMILES string of the molecule is COCCN1C(=O)C(=O)/C(=C(/O)c2cccc(OC)c2)C1c1cccnc1. The van der Waals surface area contributed by atoms with E-state index in [9.17, 15) is 14.7 Å². The molecule has 2 heterocycles. The van der Waals surface area contributed by atoms with E-state index >= 15 is 0 Å². The van der Waals surface area contributed by atoms with Crippen LogP contribution in [0.2, 0.25) is 0 Å². The smallest absolute Gasteiger partial charge is 0.295 e. The van der Waals surface area contributed by atoms with Crippen molar-refractivity contribution in [1.29, 1.82) is 0 Å². The van der Waals surface area contributed by atoms with Crippen LogP contribution in [0.5, 0.6) is 5.75 Å². The van der Waals surface area contributed by atoms with Gasteiger partial charge in [0.15, 0.2) is 0 Å². The lowest BCUT2D eigenvalue weighted by Gasteiger charge is -2.24. The van der Waals surface area contributed by atoms with Crippen LogP contribution in [0.25, 0.3) is 5.76 Å². The van der Waals surface area contributed by atoms with Gasteiger partial charge in [0.1, 0.15) is 11.5 Å². The van der Waals surface area contributed by atoms with Crippen LogP contribution in [0.4, 0.5) is 0 Å². The maximum atomic E-state index is 12.7. The molecule has 2 aromatic rings. The van der Waals surface area contributed by atoms with Crippen LogP contribution in [-0.2, 0) is 14.3 Å². The number of hydrogen-bond donors (Lipinski definition) is 1. The molecule has 140 valence electrons. The number of hydrogen-bond acceptors (Lipinski definition) is 6. The summed E-state index contributed by atoms with van der Waals surface area (Å²) in [7, 11) is 3.03. The monoisotopic (exact) mass is 368 g/mol. The topological polar surface area (TPSA) is 89.0 Å². The van der Waals surface area contributed by atoms with E-state index < -0.39 is 17.7 Å². The Labute approximate surface area is 156 Å². The average molecular weight is 368 g/mol. The molecule has 0 bridgehead atoms. The highest BCUT2D eigenvalue weighted by Crippen LogP contribution is 2.39. The van der Waals surface area contributed by atoms with Gasteiger partial charge in [0.2, 0.25) is 0 Å². The number of aliphatic hydroxyl groups excluding tert-OH is 1. The molecule has 1 amide bonds. The van der Waals surface area contributed by atoms with E-state index in [-0.39, 0.29) is 24.5 Å². The Hall–Kier alpha value is -3.19. The highest BCUT2D eigenvalue weighted by Gasteiger charge is 2.45. The summed E-state index contributed by atoms with van der Waals surface area (Å²) in [5, 5.41) is 10.9. The Morgan fingerprint density at radius 3 is 2.70 bits per heavy atom. The fraction of sp³-hybridized carbons (Fsp3) is 0.250. The summed E-state index contributed by atoms with van der Waals surface area (Å²) < 4.78 is 10.2. The average Bonchev–Trinajstić information content (AvgIpc) is 2.97. The standard InChI is InChI=1S/C20H20N2O5/c1-26-10-9-22-17(14-6-4-8-21-12-14)16(19(24)20(22)25)18(23)13-5-3-7-15(11-13)27-2/h3-8,11-12,17,23H,9-10H2,1-2H3/b18-16+. The molecular weight excluding hydrogens is 348 g/mol. The molecule has 1 saturated heterocycles. The summed E-state index contributed by atoms with van der Waals surface area (Å²) in [5.41, 5.74) is 1.06. The first-order valence-corrected chi connectivity index (χ1v) is 8.40. The molecule has 1 aliphatic rings. The summed E-state index contributed by atoms with van der Waals surface area (Å²) in [6, 6.07) is 9.44. The second-order valence-corrected chi connectivity index (χ2v) is 6.00. The summed E-state index contributed by atoms with van der Waals surface area (Å²) >= 11 is 0. The Morgan fingerprint density at radius 2 is 2.04 bits per heavy atom. The van der Waals surface area contributed by atoms with Gasteiger partial charge in [-0.3, -0.25) is 14.6 Å². The summed E-state index contributed by atoms with van der Waals surface area (Å²) in [6.45, 7) is 0.485. The number of aromatic nitrogens is 1. The molecule has 1 fully saturated rings. The van der Waals surface area contributed by atoms with Crippen LogP contribution in [-0.4, -0.2) is 54.1 Å². The minimum Gasteiger partial charge on any atom is -0.507 e. The van der Waals surface area contributed by atoms with Gasteiger partial charge >= 0.3 is 0 Å². The number of carbonyl (C=O) groups is 2. The summed E-state index contributed by atoms with van der Waals surface area (Å²) in [5.74, 6) is -1.13. The number of rotatable bonds is 6. The van der Waals surface area contributed by atoms with E-state index in [0.29, 0.717) is 16.9 Å². The van der Waals surface area contributed by atoms with Crippen LogP contribution < -0.4 is 4.74 Å². The number of aliphatic hydroxyl groups is 1. The lowest BCUT2D eigenvalue weighted by Crippen LogP contribution is -2.32. The number of Topliss-reactive ketones (excluding diaryl/α,β-unsaturated/α-hetero) is 1. The van der Waals surface area contributed by atoms with E-state index in [1.807, 2.05) is 0 Å². The van der Waals surface area contributed by atoms with E-state index in [2.05, 4.69) is 4.98 Å². The second kappa shape index (κ2) is 8.01. The zero-order valence-electron chi connectivity index (χ0n) is 15.1. The van der Waals surface area contributed by atoms with Crippen molar-refractivity contribution in [3.05, 3.63) is 65.5 Å². The third kappa shape index (κ3) is 3.54. The third-order valence-corrected chi connectivity index (χ3v) is 4.42. The molecule has 0 radical (unpaired) electrons. The molecule has 1 unspecified atom stereocenters. The normalized spacial score (nSPS) is 18.7. The van der Waals surface area contributed by atoms with Crippen LogP contribution in [0.3, 0.4) is 0 Å². The first-order chi connectivity index (χ1) is 13.1. The van der Waals surface area contributed by atoms with Gasteiger partial charge in [0.25, 0.3) is 11.7 Å². The number of likely N-dealkylation sites (tertiary alicyclic amines) is 1. The van der Waals surface area contributed by atoms with Gasteiger partial charge in [-0.15, -0.1) is 0 Å². The summed E-state index contributed by atoms with van der Waals surface area (Å²) in [4.78, 5) is 30.8. The van der Waals surface area contributed by atoms with Gasteiger partial charge < -0.3 is 19.5 Å². The molecule has 1 atom stereocenters. The van der Waals surface area contributed by atoms with Gasteiger partial charge in [0, 0.05) is 31.6 Å². The lowest BCUT2D eigenvalue weighted by molar-refractivity contribution is -0.140. The molecule has 1 aromatic carbocycles. The molecule has 0 spiro atoms. The molecule has 1 aromatic heterocycles. The molecular formula is C20H20N2O5. The zero-order chi connectivity index (χ0) is 19.4. The Kier molecular flexibility index (Phi) is 5.52. The van der Waals surface area contributed by atoms with E-state index in [4.69, 9.17) is 9.47 Å². The van der Waals surface area contributed by atoms with Gasteiger partial charge in [-0.2, -0.15) is 0 Å². The number of nitrogens with zero attached hydrogens (tertiary/aromatic N) is 2. The Balaban J connectivity index is 2.15. The predicted octanol–water partition coefficient (Wildman–Crippen LogP) is 2.16.